The van der Waals surface area contributed by atoms with Crippen molar-refractivity contribution in [1.29, 1.82) is 0 Å². The number of hydrogen-bond acceptors (Lipinski definition) is 7. The van der Waals surface area contributed by atoms with E-state index in [1.807, 2.05) is 13.8 Å². The van der Waals surface area contributed by atoms with E-state index in [1.165, 1.54) is 18.4 Å². The molecule has 27 heavy (non-hydrogen) atoms. The number of aromatic nitrogens is 1. The standard InChI is InChI=1S/C17H15N3O4S3/c1-8-9(2)25-17(18-8)19-16(22)12-13(21)14-15(27(23,24)20(12)3)10-6-4-5-7-11(10)26-14/h4-7,21H,1-3H3,(H,18,19,22). The lowest BCUT2D eigenvalue weighted by Gasteiger charge is -2.26. The number of carbonyl (C=O) groups is 1. The van der Waals surface area contributed by atoms with Gasteiger partial charge in [-0.1, -0.05) is 18.2 Å². The first-order valence-corrected chi connectivity index (χ1v) is 11.0. The topological polar surface area (TPSA) is 99.6 Å². The number of aliphatic hydroxyl groups is 1. The fraction of sp³-hybridized carbons (Fsp3) is 0.176. The maximum absolute atomic E-state index is 13.0. The minimum absolute atomic E-state index is 0.0283. The summed E-state index contributed by atoms with van der Waals surface area (Å²) in [5.74, 6) is -1.08. The summed E-state index contributed by atoms with van der Waals surface area (Å²) in [7, 11) is -2.72. The lowest BCUT2D eigenvalue weighted by atomic mass is 10.2. The molecule has 3 aromatic rings. The molecule has 10 heteroatoms. The number of likely N-dealkylation sites (N-methyl/N-ethyl adjacent to an activating group) is 1. The highest BCUT2D eigenvalue weighted by molar-refractivity contribution is 7.89. The fourth-order valence-electron chi connectivity index (χ4n) is 2.88. The number of aliphatic hydroxyl groups excluding tert-OH is 1. The number of hydrogen-bond donors (Lipinski definition) is 2. The Morgan fingerprint density at radius 3 is 2.59 bits per heavy atom. The third-order valence-corrected chi connectivity index (χ3v) is 8.53. The van der Waals surface area contributed by atoms with Crippen molar-refractivity contribution in [3.63, 3.8) is 0 Å². The van der Waals surface area contributed by atoms with E-state index in [0.29, 0.717) is 10.5 Å². The number of benzene rings is 1. The number of rotatable bonds is 2. The van der Waals surface area contributed by atoms with Crippen LogP contribution in [0.15, 0.2) is 34.9 Å². The quantitative estimate of drug-likeness (QED) is 0.660. The molecular formula is C17H15N3O4S3. The second-order valence-corrected chi connectivity index (χ2v) is 10.2. The Hall–Kier alpha value is -2.43. The first-order chi connectivity index (χ1) is 12.7. The molecule has 2 N–H and O–H groups in total. The Morgan fingerprint density at radius 2 is 1.93 bits per heavy atom. The minimum atomic E-state index is -3.98. The van der Waals surface area contributed by atoms with E-state index in [2.05, 4.69) is 10.3 Å². The van der Waals surface area contributed by atoms with Crippen molar-refractivity contribution in [3.05, 3.63) is 45.4 Å². The normalized spacial score (nSPS) is 15.9. The summed E-state index contributed by atoms with van der Waals surface area (Å²) >= 11 is 2.43. The van der Waals surface area contributed by atoms with Gasteiger partial charge < -0.3 is 5.11 Å². The van der Waals surface area contributed by atoms with Crippen molar-refractivity contribution in [2.24, 2.45) is 0 Å². The molecule has 4 rings (SSSR count). The zero-order chi connectivity index (χ0) is 19.5. The summed E-state index contributed by atoms with van der Waals surface area (Å²) < 4.78 is 27.6. The number of amides is 1. The van der Waals surface area contributed by atoms with Crippen LogP contribution in [-0.4, -0.2) is 35.8 Å². The van der Waals surface area contributed by atoms with Gasteiger partial charge in [-0.3, -0.25) is 14.4 Å². The van der Waals surface area contributed by atoms with Crippen LogP contribution >= 0.6 is 22.7 Å². The van der Waals surface area contributed by atoms with Gasteiger partial charge in [-0.05, 0) is 19.9 Å². The van der Waals surface area contributed by atoms with Crippen LogP contribution in [0.1, 0.15) is 15.4 Å². The Bertz CT molecular complexity index is 1220. The van der Waals surface area contributed by atoms with Crippen LogP contribution < -0.4 is 5.32 Å². The molecule has 0 bridgehead atoms. The second-order valence-electron chi connectivity index (χ2n) is 6.04. The van der Waals surface area contributed by atoms with Gasteiger partial charge in [-0.25, -0.2) is 13.4 Å². The summed E-state index contributed by atoms with van der Waals surface area (Å²) in [5, 5.41) is 14.2. The molecule has 1 aliphatic heterocycles. The van der Waals surface area contributed by atoms with Gasteiger partial charge in [0.15, 0.2) is 16.6 Å². The highest BCUT2D eigenvalue weighted by atomic mass is 32.2. The van der Waals surface area contributed by atoms with Gasteiger partial charge >= 0.3 is 0 Å². The van der Waals surface area contributed by atoms with Crippen LogP contribution in [-0.2, 0) is 14.8 Å². The summed E-state index contributed by atoms with van der Waals surface area (Å²) in [6, 6.07) is 7.00. The zero-order valence-corrected chi connectivity index (χ0v) is 17.1. The highest BCUT2D eigenvalue weighted by Gasteiger charge is 2.40. The lowest BCUT2D eigenvalue weighted by molar-refractivity contribution is -0.113. The van der Waals surface area contributed by atoms with Crippen LogP contribution in [0.4, 0.5) is 5.13 Å². The van der Waals surface area contributed by atoms with Gasteiger partial charge in [0.05, 0.1) is 10.6 Å². The molecule has 2 aromatic heterocycles. The molecule has 0 unspecified atom stereocenters. The zero-order valence-electron chi connectivity index (χ0n) is 14.6. The van der Waals surface area contributed by atoms with Crippen molar-refractivity contribution < 1.29 is 18.3 Å². The SMILES string of the molecule is Cc1nc(NC(=O)C2=C(O)c3sc4ccccc4c3S(=O)(=O)N2C)sc1C. The molecule has 1 aliphatic rings. The number of thiophene rings is 1. The van der Waals surface area contributed by atoms with E-state index in [1.54, 1.807) is 24.3 Å². The van der Waals surface area contributed by atoms with Gasteiger partial charge in [0.25, 0.3) is 15.9 Å². The number of aryl methyl sites for hydroxylation is 2. The monoisotopic (exact) mass is 421 g/mol. The Morgan fingerprint density at radius 1 is 1.22 bits per heavy atom. The van der Waals surface area contributed by atoms with E-state index in [-0.39, 0.29) is 21.2 Å². The average molecular weight is 422 g/mol. The maximum atomic E-state index is 13.0. The van der Waals surface area contributed by atoms with Crippen molar-refractivity contribution in [3.8, 4) is 0 Å². The smallest absolute Gasteiger partial charge is 0.278 e. The summed E-state index contributed by atoms with van der Waals surface area (Å²) in [4.78, 5) is 18.1. The van der Waals surface area contributed by atoms with E-state index in [0.717, 1.165) is 30.9 Å². The molecule has 1 aromatic carbocycles. The molecule has 0 aliphatic carbocycles. The van der Waals surface area contributed by atoms with Gasteiger partial charge in [-0.15, -0.1) is 22.7 Å². The second kappa shape index (κ2) is 6.04. The summed E-state index contributed by atoms with van der Waals surface area (Å²) in [6.45, 7) is 3.69. The van der Waals surface area contributed by atoms with Crippen molar-refractivity contribution in [1.82, 2.24) is 9.29 Å². The van der Waals surface area contributed by atoms with Crippen LogP contribution in [0, 0.1) is 13.8 Å². The number of anilines is 1. The van der Waals surface area contributed by atoms with E-state index < -0.39 is 15.9 Å². The minimum Gasteiger partial charge on any atom is -0.504 e. The first-order valence-electron chi connectivity index (χ1n) is 7.91. The van der Waals surface area contributed by atoms with Gasteiger partial charge in [0.2, 0.25) is 0 Å². The molecule has 1 amide bonds. The molecular weight excluding hydrogens is 406 g/mol. The first kappa shape index (κ1) is 18.0. The molecule has 7 nitrogen and oxygen atoms in total. The Balaban J connectivity index is 1.87. The molecule has 140 valence electrons. The van der Waals surface area contributed by atoms with Crippen LogP contribution in [0.25, 0.3) is 15.8 Å². The third kappa shape index (κ3) is 2.63. The number of carbonyl (C=O) groups excluding carboxylic acids is 1. The molecule has 0 saturated carbocycles. The predicted molar refractivity (Wildman–Crippen MR) is 107 cm³/mol. The van der Waals surface area contributed by atoms with Crippen LogP contribution in [0.5, 0.6) is 0 Å². The number of sulfonamides is 1. The fourth-order valence-corrected chi connectivity index (χ4v) is 6.71. The summed E-state index contributed by atoms with van der Waals surface area (Å²) in [6.07, 6.45) is 0. The average Bonchev–Trinajstić information content (AvgIpc) is 3.14. The molecule has 0 radical (unpaired) electrons. The molecule has 3 heterocycles. The van der Waals surface area contributed by atoms with Gasteiger partial charge in [-0.2, -0.15) is 0 Å². The summed E-state index contributed by atoms with van der Waals surface area (Å²) in [5.41, 5.74) is 0.462. The van der Waals surface area contributed by atoms with Crippen molar-refractivity contribution >= 4 is 59.6 Å². The van der Waals surface area contributed by atoms with Crippen LogP contribution in [0.3, 0.4) is 0 Å². The van der Waals surface area contributed by atoms with E-state index >= 15 is 0 Å². The number of nitrogens with one attached hydrogen (secondary N) is 1. The highest BCUT2D eigenvalue weighted by Crippen LogP contribution is 2.44. The Kier molecular flexibility index (Phi) is 4.02. The number of thiazole rings is 1. The molecule has 0 atom stereocenters. The predicted octanol–water partition coefficient (Wildman–Crippen LogP) is 3.47. The Labute approximate surface area is 163 Å². The molecule has 0 saturated heterocycles. The van der Waals surface area contributed by atoms with Gasteiger partial charge in [0.1, 0.15) is 4.90 Å². The van der Waals surface area contributed by atoms with E-state index in [9.17, 15) is 18.3 Å². The lowest BCUT2D eigenvalue weighted by Crippen LogP contribution is -2.36. The van der Waals surface area contributed by atoms with Crippen molar-refractivity contribution in [2.75, 3.05) is 12.4 Å². The number of fused-ring (bicyclic) bond motifs is 3. The third-order valence-electron chi connectivity index (χ3n) is 4.39. The largest absolute Gasteiger partial charge is 0.504 e. The molecule has 0 fully saturated rings. The van der Waals surface area contributed by atoms with Crippen LogP contribution in [0.2, 0.25) is 0 Å². The number of nitrogens with zero attached hydrogens (tertiary/aromatic N) is 2. The maximum Gasteiger partial charge on any atom is 0.278 e. The van der Waals surface area contributed by atoms with Gasteiger partial charge in [0, 0.05) is 22.0 Å². The van der Waals surface area contributed by atoms with E-state index in [4.69, 9.17) is 0 Å². The molecule has 0 spiro atoms. The van der Waals surface area contributed by atoms with Crippen molar-refractivity contribution in [2.45, 2.75) is 18.7 Å².